The summed E-state index contributed by atoms with van der Waals surface area (Å²) in [6, 6.07) is 3.38. The van der Waals surface area contributed by atoms with Gasteiger partial charge in [-0.05, 0) is 80.1 Å². The van der Waals surface area contributed by atoms with Crippen LogP contribution in [-0.2, 0) is 15.0 Å². The first-order chi connectivity index (χ1) is 15.0. The standard InChI is InChI=1S/C21H18Br2F6N2O2/c1-9-13(5-7-15(17(9)22)30-11(3)32)19(20(24,25)26,21(27,28)29)14-6-8-16(31-12(4)33)18(23)10(14)2/h5-8H,1-4H3,(H,30,32)(H,31,33). The third-order valence-corrected chi connectivity index (χ3v) is 7.10. The Kier molecular flexibility index (Phi) is 7.64. The second-order valence-electron chi connectivity index (χ2n) is 7.31. The molecule has 0 bridgehead atoms. The van der Waals surface area contributed by atoms with Crippen LogP contribution in [0.3, 0.4) is 0 Å². The molecule has 0 aliphatic heterocycles. The van der Waals surface area contributed by atoms with Gasteiger partial charge in [-0.2, -0.15) is 26.3 Å². The molecule has 2 N–H and O–H groups in total. The summed E-state index contributed by atoms with van der Waals surface area (Å²) in [5.74, 6) is -1.09. The first kappa shape index (κ1) is 27.2. The fraction of sp³-hybridized carbons (Fsp3) is 0.333. The Labute approximate surface area is 202 Å². The van der Waals surface area contributed by atoms with Crippen molar-refractivity contribution in [3.63, 3.8) is 0 Å². The van der Waals surface area contributed by atoms with Gasteiger partial charge in [-0.15, -0.1) is 0 Å². The lowest BCUT2D eigenvalue weighted by molar-refractivity contribution is -0.289. The van der Waals surface area contributed by atoms with Crippen molar-refractivity contribution in [2.75, 3.05) is 10.6 Å². The van der Waals surface area contributed by atoms with Gasteiger partial charge in [0, 0.05) is 22.8 Å². The average Bonchev–Trinajstić information content (AvgIpc) is 2.64. The number of anilines is 2. The molecule has 2 aromatic carbocycles. The van der Waals surface area contributed by atoms with E-state index in [1.807, 2.05) is 0 Å². The Hall–Kier alpha value is -2.08. The largest absolute Gasteiger partial charge is 0.411 e. The molecular formula is C21H18Br2F6N2O2. The molecule has 180 valence electrons. The molecule has 12 heteroatoms. The minimum Gasteiger partial charge on any atom is -0.325 e. The van der Waals surface area contributed by atoms with Crippen LogP contribution in [0.1, 0.15) is 36.1 Å². The van der Waals surface area contributed by atoms with Gasteiger partial charge < -0.3 is 10.6 Å². The molecule has 0 heterocycles. The Morgan fingerprint density at radius 2 is 1.00 bits per heavy atom. The first-order valence-corrected chi connectivity index (χ1v) is 10.8. The SMILES string of the molecule is CC(=O)Nc1ccc(C(c2ccc(NC(C)=O)c(Br)c2C)(C(F)(F)F)C(F)(F)F)c(C)c1Br. The van der Waals surface area contributed by atoms with Crippen molar-refractivity contribution in [2.45, 2.75) is 45.5 Å². The van der Waals surface area contributed by atoms with E-state index in [9.17, 15) is 35.9 Å². The Bertz CT molecular complexity index is 1030. The van der Waals surface area contributed by atoms with Gasteiger partial charge in [0.15, 0.2) is 0 Å². The average molecular weight is 604 g/mol. The molecule has 0 spiro atoms. The van der Waals surface area contributed by atoms with E-state index in [4.69, 9.17) is 0 Å². The van der Waals surface area contributed by atoms with Crippen molar-refractivity contribution in [3.05, 3.63) is 55.5 Å². The molecule has 4 nitrogen and oxygen atoms in total. The fourth-order valence-electron chi connectivity index (χ4n) is 3.67. The van der Waals surface area contributed by atoms with Crippen LogP contribution >= 0.6 is 31.9 Å². The molecule has 2 aromatic rings. The molecule has 2 amide bonds. The lowest BCUT2D eigenvalue weighted by Gasteiger charge is -2.40. The molecule has 0 radical (unpaired) electrons. The van der Waals surface area contributed by atoms with Crippen LogP contribution in [0.2, 0.25) is 0 Å². The van der Waals surface area contributed by atoms with Gasteiger partial charge in [0.2, 0.25) is 17.2 Å². The molecule has 0 aliphatic carbocycles. The van der Waals surface area contributed by atoms with Crippen LogP contribution in [0.15, 0.2) is 33.2 Å². The Morgan fingerprint density at radius 3 is 1.24 bits per heavy atom. The maximum Gasteiger partial charge on any atom is 0.411 e. The van der Waals surface area contributed by atoms with Gasteiger partial charge in [-0.25, -0.2) is 0 Å². The quantitative estimate of drug-likeness (QED) is 0.365. The van der Waals surface area contributed by atoms with Crippen molar-refractivity contribution in [1.82, 2.24) is 0 Å². The lowest BCUT2D eigenvalue weighted by Crippen LogP contribution is -2.55. The third-order valence-electron chi connectivity index (χ3n) is 5.05. The second-order valence-corrected chi connectivity index (χ2v) is 8.89. The second kappa shape index (κ2) is 9.28. The molecule has 2 rings (SSSR count). The Balaban J connectivity index is 3.02. The summed E-state index contributed by atoms with van der Waals surface area (Å²) >= 11 is 6.05. The molecule has 0 aliphatic rings. The minimum atomic E-state index is -5.80. The molecular weight excluding hydrogens is 586 g/mol. The van der Waals surface area contributed by atoms with E-state index in [0.29, 0.717) is 12.1 Å². The summed E-state index contributed by atoms with van der Waals surface area (Å²) in [5.41, 5.74) is -7.14. The van der Waals surface area contributed by atoms with E-state index < -0.39 is 40.7 Å². The summed E-state index contributed by atoms with van der Waals surface area (Å²) in [6.45, 7) is 4.52. The van der Waals surface area contributed by atoms with E-state index >= 15 is 0 Å². The molecule has 0 aromatic heterocycles. The minimum absolute atomic E-state index is 0.0286. The number of nitrogens with one attached hydrogen (secondary N) is 2. The highest BCUT2D eigenvalue weighted by molar-refractivity contribution is 9.11. The van der Waals surface area contributed by atoms with Gasteiger partial charge in [0.1, 0.15) is 0 Å². The summed E-state index contributed by atoms with van der Waals surface area (Å²) in [5, 5.41) is 4.72. The number of halogens is 8. The zero-order chi connectivity index (χ0) is 25.5. The molecule has 0 atom stereocenters. The third kappa shape index (κ3) is 4.77. The molecule has 0 saturated carbocycles. The van der Waals surface area contributed by atoms with E-state index in [-0.39, 0.29) is 31.4 Å². The predicted octanol–water partition coefficient (Wildman–Crippen LogP) is 7.16. The number of hydrogen-bond donors (Lipinski definition) is 2. The monoisotopic (exact) mass is 602 g/mol. The molecule has 0 unspecified atom stereocenters. The van der Waals surface area contributed by atoms with Gasteiger partial charge in [0.05, 0.1) is 11.4 Å². The van der Waals surface area contributed by atoms with Gasteiger partial charge in [-0.1, -0.05) is 12.1 Å². The van der Waals surface area contributed by atoms with E-state index in [1.54, 1.807) is 0 Å². The van der Waals surface area contributed by atoms with Crippen molar-refractivity contribution >= 4 is 55.0 Å². The van der Waals surface area contributed by atoms with Gasteiger partial charge in [0.25, 0.3) is 0 Å². The van der Waals surface area contributed by atoms with E-state index in [2.05, 4.69) is 42.5 Å². The van der Waals surface area contributed by atoms with E-state index in [1.165, 1.54) is 0 Å². The molecule has 0 saturated heterocycles. The van der Waals surface area contributed by atoms with Crippen molar-refractivity contribution in [1.29, 1.82) is 0 Å². The maximum absolute atomic E-state index is 14.6. The molecule has 33 heavy (non-hydrogen) atoms. The summed E-state index contributed by atoms with van der Waals surface area (Å²) < 4.78 is 87.4. The van der Waals surface area contributed by atoms with Crippen LogP contribution in [-0.4, -0.2) is 24.2 Å². The topological polar surface area (TPSA) is 58.2 Å². The summed E-state index contributed by atoms with van der Waals surface area (Å²) in [6.07, 6.45) is -11.6. The summed E-state index contributed by atoms with van der Waals surface area (Å²) in [7, 11) is 0. The summed E-state index contributed by atoms with van der Waals surface area (Å²) in [4.78, 5) is 22.7. The first-order valence-electron chi connectivity index (χ1n) is 9.24. The zero-order valence-electron chi connectivity index (χ0n) is 17.6. The normalized spacial score (nSPS) is 12.5. The predicted molar refractivity (Wildman–Crippen MR) is 119 cm³/mol. The maximum atomic E-state index is 14.6. The van der Waals surface area contributed by atoms with Crippen molar-refractivity contribution in [3.8, 4) is 0 Å². The number of carbonyl (C=O) groups excluding carboxylic acids is 2. The van der Waals surface area contributed by atoms with Crippen LogP contribution in [0.5, 0.6) is 0 Å². The molecule has 0 fully saturated rings. The van der Waals surface area contributed by atoms with Gasteiger partial charge >= 0.3 is 12.4 Å². The van der Waals surface area contributed by atoms with Crippen LogP contribution in [0, 0.1) is 13.8 Å². The Morgan fingerprint density at radius 1 is 0.697 bits per heavy atom. The van der Waals surface area contributed by atoms with E-state index in [0.717, 1.165) is 39.8 Å². The highest BCUT2D eigenvalue weighted by atomic mass is 79.9. The smallest absolute Gasteiger partial charge is 0.325 e. The van der Waals surface area contributed by atoms with Crippen LogP contribution in [0.25, 0.3) is 0 Å². The highest BCUT2D eigenvalue weighted by Gasteiger charge is 2.73. The number of rotatable bonds is 4. The number of hydrogen-bond acceptors (Lipinski definition) is 2. The fourth-order valence-corrected chi connectivity index (χ4v) is 4.56. The highest BCUT2D eigenvalue weighted by Crippen LogP contribution is 2.59. The van der Waals surface area contributed by atoms with Crippen LogP contribution < -0.4 is 10.6 Å². The lowest BCUT2D eigenvalue weighted by atomic mass is 9.70. The zero-order valence-corrected chi connectivity index (χ0v) is 20.8. The number of benzene rings is 2. The number of amides is 2. The van der Waals surface area contributed by atoms with Crippen molar-refractivity contribution in [2.24, 2.45) is 0 Å². The number of alkyl halides is 6. The number of carbonyl (C=O) groups is 2. The van der Waals surface area contributed by atoms with Gasteiger partial charge in [-0.3, -0.25) is 9.59 Å². The van der Waals surface area contributed by atoms with Crippen LogP contribution in [0.4, 0.5) is 37.7 Å². The van der Waals surface area contributed by atoms with Crippen molar-refractivity contribution < 1.29 is 35.9 Å².